The summed E-state index contributed by atoms with van der Waals surface area (Å²) in [5.41, 5.74) is 7.49. The van der Waals surface area contributed by atoms with Crippen molar-refractivity contribution in [3.8, 4) is 11.1 Å². The number of nitrogens with zero attached hydrogens (tertiary/aromatic N) is 1. The van der Waals surface area contributed by atoms with Crippen molar-refractivity contribution in [2.45, 2.75) is 27.1 Å². The number of rotatable bonds is 2. The molecule has 0 N–H and O–H groups in total. The molecule has 3 heteroatoms. The van der Waals surface area contributed by atoms with Crippen molar-refractivity contribution in [1.82, 2.24) is 0 Å². The fraction of sp³-hybridized carbons (Fsp3) is 0.294. The highest BCUT2D eigenvalue weighted by Crippen LogP contribution is 2.35. The van der Waals surface area contributed by atoms with Gasteiger partial charge in [-0.05, 0) is 50.4 Å². The molecule has 2 nitrogen and oxygen atoms in total. The van der Waals surface area contributed by atoms with Gasteiger partial charge in [-0.2, -0.15) is 0 Å². The van der Waals surface area contributed by atoms with Crippen LogP contribution in [-0.2, 0) is 4.84 Å². The van der Waals surface area contributed by atoms with Crippen molar-refractivity contribution in [1.29, 1.82) is 0 Å². The summed E-state index contributed by atoms with van der Waals surface area (Å²) in [5.74, 6) is 0. The maximum Gasteiger partial charge on any atom is 0.288 e. The van der Waals surface area contributed by atoms with Crippen molar-refractivity contribution < 1.29 is 4.84 Å². The van der Waals surface area contributed by atoms with Gasteiger partial charge in [0.15, 0.2) is 0 Å². The fourth-order valence-electron chi connectivity index (χ4n) is 2.63. The van der Waals surface area contributed by atoms with Crippen LogP contribution in [0, 0.1) is 20.8 Å². The van der Waals surface area contributed by atoms with Crippen molar-refractivity contribution in [2.75, 3.05) is 11.6 Å². The molecule has 0 atom stereocenters. The first-order chi connectivity index (χ1) is 9.65. The van der Waals surface area contributed by atoms with Crippen LogP contribution in [0.4, 0.5) is 5.69 Å². The summed E-state index contributed by atoms with van der Waals surface area (Å²) in [7, 11) is 2.11. The van der Waals surface area contributed by atoms with E-state index in [1.165, 1.54) is 27.8 Å². The maximum atomic E-state index is 5.69. The summed E-state index contributed by atoms with van der Waals surface area (Å²) in [5, 5.41) is 0. The first-order valence-electron chi connectivity index (χ1n) is 7.09. The van der Waals surface area contributed by atoms with Crippen molar-refractivity contribution in [3.63, 3.8) is 0 Å². The predicted molar refractivity (Wildman–Crippen MR) is 85.1 cm³/mol. The molecule has 1 heterocycles. The second-order valence-corrected chi connectivity index (χ2v) is 5.47. The first-order valence-corrected chi connectivity index (χ1v) is 7.09. The SMILES string of the molecule is Cc1ccc(C)c(-c2cc(C)ccc2N2[B]CCO2)c1. The number of anilines is 1. The largest absolute Gasteiger partial charge is 0.306 e. The molecule has 1 fully saturated rings. The van der Waals surface area contributed by atoms with Gasteiger partial charge in [0, 0.05) is 5.56 Å². The van der Waals surface area contributed by atoms with E-state index in [2.05, 4.69) is 64.6 Å². The minimum absolute atomic E-state index is 0.764. The third-order valence-electron chi connectivity index (χ3n) is 3.72. The Hall–Kier alpha value is -1.74. The van der Waals surface area contributed by atoms with Crippen LogP contribution in [0.1, 0.15) is 16.7 Å². The van der Waals surface area contributed by atoms with E-state index in [1.54, 1.807) is 0 Å². The summed E-state index contributed by atoms with van der Waals surface area (Å²) in [4.78, 5) is 7.60. The lowest BCUT2D eigenvalue weighted by Gasteiger charge is -2.22. The highest BCUT2D eigenvalue weighted by atomic mass is 16.7. The molecule has 20 heavy (non-hydrogen) atoms. The fourth-order valence-corrected chi connectivity index (χ4v) is 2.63. The second kappa shape index (κ2) is 5.33. The lowest BCUT2D eigenvalue weighted by molar-refractivity contribution is 0.185. The van der Waals surface area contributed by atoms with Gasteiger partial charge in [-0.3, -0.25) is 4.84 Å². The van der Waals surface area contributed by atoms with Crippen LogP contribution >= 0.6 is 0 Å². The maximum absolute atomic E-state index is 5.69. The van der Waals surface area contributed by atoms with Gasteiger partial charge < -0.3 is 4.97 Å². The van der Waals surface area contributed by atoms with Gasteiger partial charge in [0.25, 0.3) is 7.41 Å². The van der Waals surface area contributed by atoms with Crippen molar-refractivity contribution in [3.05, 3.63) is 53.1 Å². The zero-order valence-electron chi connectivity index (χ0n) is 12.3. The predicted octanol–water partition coefficient (Wildman–Crippen LogP) is 4.07. The van der Waals surface area contributed by atoms with Crippen LogP contribution < -0.4 is 4.97 Å². The molecule has 2 aromatic rings. The van der Waals surface area contributed by atoms with E-state index in [0.29, 0.717) is 0 Å². The molecule has 0 spiro atoms. The first kappa shape index (κ1) is 13.3. The van der Waals surface area contributed by atoms with Gasteiger partial charge in [-0.1, -0.05) is 35.4 Å². The van der Waals surface area contributed by atoms with Crippen molar-refractivity contribution in [2.24, 2.45) is 0 Å². The summed E-state index contributed by atoms with van der Waals surface area (Å²) in [6, 6.07) is 13.1. The van der Waals surface area contributed by atoms with E-state index in [4.69, 9.17) is 4.84 Å². The Morgan fingerprint density at radius 3 is 2.35 bits per heavy atom. The summed E-state index contributed by atoms with van der Waals surface area (Å²) < 4.78 is 0. The molecule has 0 aliphatic carbocycles. The quantitative estimate of drug-likeness (QED) is 0.758. The van der Waals surface area contributed by atoms with Gasteiger partial charge in [0.2, 0.25) is 0 Å². The lowest BCUT2D eigenvalue weighted by Crippen LogP contribution is -2.20. The topological polar surface area (TPSA) is 12.5 Å². The molecule has 0 bridgehead atoms. The van der Waals surface area contributed by atoms with Crippen LogP contribution in [0.2, 0.25) is 6.32 Å². The molecule has 101 valence electrons. The molecule has 1 saturated heterocycles. The zero-order valence-corrected chi connectivity index (χ0v) is 12.3. The van der Waals surface area contributed by atoms with Crippen molar-refractivity contribution >= 4 is 13.1 Å². The minimum Gasteiger partial charge on any atom is -0.306 e. The van der Waals surface area contributed by atoms with Crippen LogP contribution in [0.25, 0.3) is 11.1 Å². The van der Waals surface area contributed by atoms with Crippen LogP contribution in [-0.4, -0.2) is 14.0 Å². The monoisotopic (exact) mass is 264 g/mol. The van der Waals surface area contributed by atoms with E-state index < -0.39 is 0 Å². The Bertz CT molecular complexity index is 633. The summed E-state index contributed by atoms with van der Waals surface area (Å²) >= 11 is 0. The number of hydrogen-bond acceptors (Lipinski definition) is 2. The molecular formula is C17H19BNO. The average molecular weight is 264 g/mol. The molecule has 0 saturated carbocycles. The smallest absolute Gasteiger partial charge is 0.288 e. The molecule has 1 aliphatic rings. The minimum atomic E-state index is 0.764. The van der Waals surface area contributed by atoms with Gasteiger partial charge in [0.1, 0.15) is 0 Å². The molecule has 1 radical (unpaired) electrons. The van der Waals surface area contributed by atoms with Gasteiger partial charge in [-0.15, -0.1) is 0 Å². The standard InChI is InChI=1S/C17H19BNO/c1-12-4-6-14(3)15(10-12)16-11-13(2)5-7-17(16)19-18-8-9-20-19/h4-7,10-11H,8-9H2,1-3H3. The van der Waals surface area contributed by atoms with Gasteiger partial charge >= 0.3 is 0 Å². The summed E-state index contributed by atoms with van der Waals surface area (Å²) in [6.45, 7) is 7.19. The number of aryl methyl sites for hydroxylation is 3. The molecule has 1 aliphatic heterocycles. The van der Waals surface area contributed by atoms with E-state index in [9.17, 15) is 0 Å². The Balaban J connectivity index is 2.15. The van der Waals surface area contributed by atoms with Crippen LogP contribution in [0.5, 0.6) is 0 Å². The third kappa shape index (κ3) is 2.46. The number of benzene rings is 2. The Kier molecular flexibility index (Phi) is 3.54. The van der Waals surface area contributed by atoms with Gasteiger partial charge in [-0.25, -0.2) is 0 Å². The second-order valence-electron chi connectivity index (χ2n) is 5.47. The molecule has 2 aromatic carbocycles. The Morgan fingerprint density at radius 1 is 0.950 bits per heavy atom. The highest BCUT2D eigenvalue weighted by Gasteiger charge is 2.19. The number of hydrogen-bond donors (Lipinski definition) is 0. The molecule has 0 unspecified atom stereocenters. The Morgan fingerprint density at radius 2 is 1.65 bits per heavy atom. The zero-order chi connectivity index (χ0) is 14.1. The normalized spacial score (nSPS) is 14.4. The molecule has 3 rings (SSSR count). The van der Waals surface area contributed by atoms with E-state index in [0.717, 1.165) is 18.6 Å². The van der Waals surface area contributed by atoms with E-state index >= 15 is 0 Å². The van der Waals surface area contributed by atoms with Crippen LogP contribution in [0.3, 0.4) is 0 Å². The van der Waals surface area contributed by atoms with E-state index in [-0.39, 0.29) is 0 Å². The highest BCUT2D eigenvalue weighted by molar-refractivity contribution is 6.41. The van der Waals surface area contributed by atoms with Crippen LogP contribution in [0.15, 0.2) is 36.4 Å². The third-order valence-corrected chi connectivity index (χ3v) is 3.72. The lowest BCUT2D eigenvalue weighted by atomic mass is 9.88. The average Bonchev–Trinajstić information content (AvgIpc) is 2.95. The molecule has 0 aromatic heterocycles. The Labute approximate surface area is 121 Å². The molecule has 0 amide bonds. The molecular weight excluding hydrogens is 245 g/mol. The summed E-state index contributed by atoms with van der Waals surface area (Å²) in [6.07, 6.45) is 0.972. The van der Waals surface area contributed by atoms with E-state index in [1.807, 2.05) is 4.97 Å². The van der Waals surface area contributed by atoms with Gasteiger partial charge in [0.05, 0.1) is 12.3 Å².